The SMILES string of the molecule is N#C/C(=C/c1cccn1-c1ccccc1)c1ccc(C(=O)O)cc1. The van der Waals surface area contributed by atoms with Crippen LogP contribution in [0.15, 0.2) is 72.9 Å². The third kappa shape index (κ3) is 3.11. The second-order valence-corrected chi connectivity index (χ2v) is 5.19. The van der Waals surface area contributed by atoms with Gasteiger partial charge in [-0.05, 0) is 48.0 Å². The maximum absolute atomic E-state index is 10.9. The Bertz CT molecular complexity index is 930. The molecule has 0 aliphatic carbocycles. The normalized spacial score (nSPS) is 11.0. The maximum atomic E-state index is 10.9. The van der Waals surface area contributed by atoms with Gasteiger partial charge in [-0.2, -0.15) is 5.26 Å². The first-order valence-electron chi connectivity index (χ1n) is 7.37. The molecule has 116 valence electrons. The molecule has 0 amide bonds. The van der Waals surface area contributed by atoms with E-state index < -0.39 is 5.97 Å². The summed E-state index contributed by atoms with van der Waals surface area (Å²) in [7, 11) is 0. The molecule has 0 spiro atoms. The van der Waals surface area contributed by atoms with Gasteiger partial charge in [0, 0.05) is 17.6 Å². The zero-order valence-corrected chi connectivity index (χ0v) is 12.8. The highest BCUT2D eigenvalue weighted by molar-refractivity contribution is 5.92. The minimum absolute atomic E-state index is 0.198. The van der Waals surface area contributed by atoms with Crippen LogP contribution >= 0.6 is 0 Å². The number of carboxylic acids is 1. The molecule has 0 bridgehead atoms. The third-order valence-corrected chi connectivity index (χ3v) is 3.67. The van der Waals surface area contributed by atoms with Gasteiger partial charge in [0.1, 0.15) is 0 Å². The molecule has 0 saturated heterocycles. The summed E-state index contributed by atoms with van der Waals surface area (Å²) in [6, 6.07) is 22.2. The van der Waals surface area contributed by atoms with Gasteiger partial charge in [0.25, 0.3) is 0 Å². The summed E-state index contributed by atoms with van der Waals surface area (Å²) in [6.45, 7) is 0. The summed E-state index contributed by atoms with van der Waals surface area (Å²) >= 11 is 0. The van der Waals surface area contributed by atoms with Gasteiger partial charge in [0.2, 0.25) is 0 Å². The lowest BCUT2D eigenvalue weighted by Gasteiger charge is -2.07. The Morgan fingerprint density at radius 2 is 1.62 bits per heavy atom. The Balaban J connectivity index is 1.99. The van der Waals surface area contributed by atoms with Crippen molar-refractivity contribution in [2.24, 2.45) is 0 Å². The van der Waals surface area contributed by atoms with E-state index in [9.17, 15) is 10.1 Å². The second kappa shape index (κ2) is 6.67. The molecule has 0 atom stereocenters. The van der Waals surface area contributed by atoms with Crippen LogP contribution in [0.5, 0.6) is 0 Å². The Hall–Kier alpha value is -3.58. The standard InChI is InChI=1S/C20H14N2O2/c21-14-17(15-8-10-16(11-9-15)20(23)24)13-19-7-4-12-22(19)18-5-2-1-3-6-18/h1-13H,(H,23,24)/b17-13-. The highest BCUT2D eigenvalue weighted by Gasteiger charge is 2.07. The zero-order chi connectivity index (χ0) is 16.9. The van der Waals surface area contributed by atoms with Crippen molar-refractivity contribution in [3.8, 4) is 11.8 Å². The number of carbonyl (C=O) groups is 1. The van der Waals surface area contributed by atoms with Crippen molar-refractivity contribution >= 4 is 17.6 Å². The van der Waals surface area contributed by atoms with Crippen molar-refractivity contribution in [3.63, 3.8) is 0 Å². The molecule has 1 aromatic heterocycles. The molecule has 0 radical (unpaired) electrons. The molecule has 0 fully saturated rings. The van der Waals surface area contributed by atoms with Crippen LogP contribution in [0.4, 0.5) is 0 Å². The van der Waals surface area contributed by atoms with Crippen LogP contribution in [-0.2, 0) is 0 Å². The molecule has 4 heteroatoms. The topological polar surface area (TPSA) is 66.0 Å². The van der Waals surface area contributed by atoms with Crippen molar-refractivity contribution in [1.29, 1.82) is 5.26 Å². The van der Waals surface area contributed by atoms with E-state index in [0.29, 0.717) is 11.1 Å². The highest BCUT2D eigenvalue weighted by Crippen LogP contribution is 2.21. The predicted octanol–water partition coefficient (Wildman–Crippen LogP) is 4.24. The van der Waals surface area contributed by atoms with Crippen molar-refractivity contribution in [2.45, 2.75) is 0 Å². The fourth-order valence-corrected chi connectivity index (χ4v) is 2.46. The predicted molar refractivity (Wildman–Crippen MR) is 92.7 cm³/mol. The van der Waals surface area contributed by atoms with E-state index in [1.165, 1.54) is 12.1 Å². The number of rotatable bonds is 4. The lowest BCUT2D eigenvalue weighted by Crippen LogP contribution is -1.96. The Labute approximate surface area is 139 Å². The van der Waals surface area contributed by atoms with E-state index in [4.69, 9.17) is 5.11 Å². The van der Waals surface area contributed by atoms with Crippen LogP contribution in [0.3, 0.4) is 0 Å². The molecule has 0 aliphatic rings. The molecule has 0 saturated carbocycles. The van der Waals surface area contributed by atoms with Gasteiger partial charge in [0.15, 0.2) is 0 Å². The molecule has 1 heterocycles. The average Bonchev–Trinajstić information content (AvgIpc) is 3.08. The third-order valence-electron chi connectivity index (χ3n) is 3.67. The summed E-state index contributed by atoms with van der Waals surface area (Å²) in [4.78, 5) is 10.9. The van der Waals surface area contributed by atoms with Gasteiger partial charge in [-0.3, -0.25) is 0 Å². The molecule has 0 aliphatic heterocycles. The monoisotopic (exact) mass is 314 g/mol. The fourth-order valence-electron chi connectivity index (χ4n) is 2.46. The van der Waals surface area contributed by atoms with Crippen LogP contribution in [0.25, 0.3) is 17.3 Å². The smallest absolute Gasteiger partial charge is 0.335 e. The van der Waals surface area contributed by atoms with Crippen LogP contribution in [0.1, 0.15) is 21.6 Å². The number of benzene rings is 2. The van der Waals surface area contributed by atoms with Gasteiger partial charge in [-0.25, -0.2) is 4.79 Å². The van der Waals surface area contributed by atoms with Gasteiger partial charge in [0.05, 0.1) is 17.2 Å². The Morgan fingerprint density at radius 3 is 2.25 bits per heavy atom. The van der Waals surface area contributed by atoms with Crippen LogP contribution in [0, 0.1) is 11.3 Å². The van der Waals surface area contributed by atoms with Crippen molar-refractivity contribution in [1.82, 2.24) is 4.57 Å². The molecule has 0 unspecified atom stereocenters. The molecular weight excluding hydrogens is 300 g/mol. The van der Waals surface area contributed by atoms with Gasteiger partial charge < -0.3 is 9.67 Å². The molecule has 4 nitrogen and oxygen atoms in total. The molecule has 2 aromatic carbocycles. The van der Waals surface area contributed by atoms with E-state index in [2.05, 4.69) is 6.07 Å². The van der Waals surface area contributed by atoms with Gasteiger partial charge in [-0.15, -0.1) is 0 Å². The number of aromatic carboxylic acids is 1. The number of carboxylic acid groups (broad SMARTS) is 1. The number of nitriles is 1. The molecule has 3 rings (SSSR count). The summed E-state index contributed by atoms with van der Waals surface area (Å²) in [5.74, 6) is -0.984. The summed E-state index contributed by atoms with van der Waals surface area (Å²) in [5.41, 5.74) is 3.24. The van der Waals surface area contributed by atoms with Crippen LogP contribution < -0.4 is 0 Å². The summed E-state index contributed by atoms with van der Waals surface area (Å²) in [5, 5.41) is 18.4. The number of para-hydroxylation sites is 1. The number of hydrogen-bond donors (Lipinski definition) is 1. The van der Waals surface area contributed by atoms with E-state index in [1.54, 1.807) is 18.2 Å². The van der Waals surface area contributed by atoms with E-state index >= 15 is 0 Å². The summed E-state index contributed by atoms with van der Waals surface area (Å²) in [6.07, 6.45) is 3.73. The van der Waals surface area contributed by atoms with Crippen LogP contribution in [0.2, 0.25) is 0 Å². The number of aromatic nitrogens is 1. The van der Waals surface area contributed by atoms with Crippen molar-refractivity contribution in [2.75, 3.05) is 0 Å². The molecular formula is C20H14N2O2. The average molecular weight is 314 g/mol. The largest absolute Gasteiger partial charge is 0.478 e. The van der Waals surface area contributed by atoms with Crippen molar-refractivity contribution < 1.29 is 9.90 Å². The first-order valence-corrected chi connectivity index (χ1v) is 7.37. The lowest BCUT2D eigenvalue weighted by molar-refractivity contribution is 0.0697. The zero-order valence-electron chi connectivity index (χ0n) is 12.8. The fraction of sp³-hybridized carbons (Fsp3) is 0. The van der Waals surface area contributed by atoms with E-state index in [1.807, 2.05) is 53.2 Å². The van der Waals surface area contributed by atoms with Crippen LogP contribution in [-0.4, -0.2) is 15.6 Å². The van der Waals surface area contributed by atoms with Gasteiger partial charge >= 0.3 is 5.97 Å². The van der Waals surface area contributed by atoms with E-state index in [-0.39, 0.29) is 5.56 Å². The lowest BCUT2D eigenvalue weighted by atomic mass is 10.0. The molecule has 1 N–H and O–H groups in total. The number of hydrogen-bond acceptors (Lipinski definition) is 2. The van der Waals surface area contributed by atoms with E-state index in [0.717, 1.165) is 11.4 Å². The summed E-state index contributed by atoms with van der Waals surface area (Å²) < 4.78 is 1.99. The maximum Gasteiger partial charge on any atom is 0.335 e. The minimum atomic E-state index is -0.984. The van der Waals surface area contributed by atoms with Gasteiger partial charge in [-0.1, -0.05) is 30.3 Å². The number of nitrogens with zero attached hydrogens (tertiary/aromatic N) is 2. The first-order chi connectivity index (χ1) is 11.7. The Morgan fingerprint density at radius 1 is 0.958 bits per heavy atom. The van der Waals surface area contributed by atoms with Crippen molar-refractivity contribution in [3.05, 3.63) is 89.7 Å². The second-order valence-electron chi connectivity index (χ2n) is 5.19. The number of allylic oxidation sites excluding steroid dienone is 1. The Kier molecular flexibility index (Phi) is 4.26. The minimum Gasteiger partial charge on any atom is -0.478 e. The highest BCUT2D eigenvalue weighted by atomic mass is 16.4. The molecule has 3 aromatic rings. The quantitative estimate of drug-likeness (QED) is 0.732. The first kappa shape index (κ1) is 15.3. The molecule has 24 heavy (non-hydrogen) atoms.